The number of benzene rings is 2. The minimum atomic E-state index is 0.260. The van der Waals surface area contributed by atoms with Crippen molar-refractivity contribution in [2.75, 3.05) is 0 Å². The number of piperidine rings is 1. The minimum Gasteiger partial charge on any atom is -0.490 e. The molecule has 2 bridgehead atoms. The molecule has 2 aliphatic heterocycles. The van der Waals surface area contributed by atoms with E-state index in [4.69, 9.17) is 21.6 Å². The van der Waals surface area contributed by atoms with E-state index in [1.807, 2.05) is 42.5 Å². The van der Waals surface area contributed by atoms with E-state index in [0.29, 0.717) is 22.7 Å². The molecule has 2 heterocycles. The Morgan fingerprint density at radius 1 is 1.00 bits per heavy atom. The molecule has 0 saturated carbocycles. The molecule has 3 atom stereocenters. The third kappa shape index (κ3) is 3.26. The van der Waals surface area contributed by atoms with Gasteiger partial charge in [0.25, 0.3) is 0 Å². The summed E-state index contributed by atoms with van der Waals surface area (Å²) in [5, 5.41) is 13.2. The van der Waals surface area contributed by atoms with E-state index in [2.05, 4.69) is 11.4 Å². The maximum absolute atomic E-state index is 8.92. The van der Waals surface area contributed by atoms with Crippen LogP contribution in [0.1, 0.15) is 31.2 Å². The van der Waals surface area contributed by atoms with Crippen molar-refractivity contribution in [2.45, 2.75) is 43.9 Å². The first-order valence-electron chi connectivity index (χ1n) is 8.43. The first-order chi connectivity index (χ1) is 11.7. The predicted octanol–water partition coefficient (Wildman–Crippen LogP) is 4.54. The van der Waals surface area contributed by atoms with Crippen LogP contribution in [0.4, 0.5) is 0 Å². The van der Waals surface area contributed by atoms with E-state index in [-0.39, 0.29) is 6.10 Å². The fourth-order valence-corrected chi connectivity index (χ4v) is 4.05. The van der Waals surface area contributed by atoms with Crippen molar-refractivity contribution in [3.63, 3.8) is 0 Å². The molecule has 0 radical (unpaired) electrons. The van der Waals surface area contributed by atoms with Crippen LogP contribution in [-0.4, -0.2) is 18.2 Å². The Kier molecular flexibility index (Phi) is 4.18. The Labute approximate surface area is 147 Å². The van der Waals surface area contributed by atoms with Crippen molar-refractivity contribution in [1.82, 2.24) is 5.32 Å². The monoisotopic (exact) mass is 338 g/mol. The topological polar surface area (TPSA) is 45.0 Å². The van der Waals surface area contributed by atoms with Crippen LogP contribution in [0.5, 0.6) is 5.75 Å². The molecule has 1 N–H and O–H groups in total. The van der Waals surface area contributed by atoms with Gasteiger partial charge in [0.05, 0.1) is 11.6 Å². The summed E-state index contributed by atoms with van der Waals surface area (Å²) >= 11 is 6.30. The van der Waals surface area contributed by atoms with Crippen LogP contribution in [0.15, 0.2) is 42.5 Å². The van der Waals surface area contributed by atoms with Gasteiger partial charge in [0.15, 0.2) is 0 Å². The van der Waals surface area contributed by atoms with Crippen LogP contribution in [0.3, 0.4) is 0 Å². The van der Waals surface area contributed by atoms with Gasteiger partial charge in [-0.15, -0.1) is 0 Å². The number of nitrogens with one attached hydrogen (secondary N) is 1. The fraction of sp³-hybridized carbons (Fsp3) is 0.350. The number of hydrogen-bond acceptors (Lipinski definition) is 3. The lowest BCUT2D eigenvalue weighted by molar-refractivity contribution is 0.137. The van der Waals surface area contributed by atoms with Crippen molar-refractivity contribution >= 4 is 11.6 Å². The van der Waals surface area contributed by atoms with Crippen LogP contribution in [0, 0.1) is 11.3 Å². The summed E-state index contributed by atoms with van der Waals surface area (Å²) in [5.74, 6) is 0.827. The third-order valence-electron chi connectivity index (χ3n) is 4.95. The van der Waals surface area contributed by atoms with Gasteiger partial charge in [-0.05, 0) is 67.1 Å². The predicted molar refractivity (Wildman–Crippen MR) is 95.2 cm³/mol. The highest BCUT2D eigenvalue weighted by Gasteiger charge is 2.34. The van der Waals surface area contributed by atoms with Gasteiger partial charge in [-0.2, -0.15) is 5.26 Å². The lowest BCUT2D eigenvalue weighted by Crippen LogP contribution is -2.42. The molecule has 2 aromatic rings. The maximum Gasteiger partial charge on any atom is 0.121 e. The minimum absolute atomic E-state index is 0.260. The lowest BCUT2D eigenvalue weighted by Gasteiger charge is -2.29. The molecule has 0 aromatic heterocycles. The van der Waals surface area contributed by atoms with Crippen LogP contribution < -0.4 is 10.1 Å². The van der Waals surface area contributed by atoms with E-state index in [1.54, 1.807) is 0 Å². The molecule has 4 rings (SSSR count). The van der Waals surface area contributed by atoms with Gasteiger partial charge in [0.2, 0.25) is 0 Å². The van der Waals surface area contributed by atoms with Crippen molar-refractivity contribution in [1.29, 1.82) is 5.26 Å². The normalized spacial score (nSPS) is 25.2. The maximum atomic E-state index is 8.92. The van der Waals surface area contributed by atoms with Crippen molar-refractivity contribution in [2.24, 2.45) is 0 Å². The zero-order valence-corrected chi connectivity index (χ0v) is 14.1. The summed E-state index contributed by atoms with van der Waals surface area (Å²) in [5.41, 5.74) is 2.70. The molecule has 0 amide bonds. The molecule has 122 valence electrons. The summed E-state index contributed by atoms with van der Waals surface area (Å²) in [4.78, 5) is 0. The third-order valence-corrected chi connectivity index (χ3v) is 5.17. The van der Waals surface area contributed by atoms with E-state index >= 15 is 0 Å². The Morgan fingerprint density at radius 3 is 2.38 bits per heavy atom. The number of nitriles is 1. The summed E-state index contributed by atoms with van der Waals surface area (Å²) in [7, 11) is 0. The highest BCUT2D eigenvalue weighted by molar-refractivity contribution is 6.31. The Bertz CT molecular complexity index is 769. The molecular weight excluding hydrogens is 320 g/mol. The smallest absolute Gasteiger partial charge is 0.121 e. The number of fused-ring (bicyclic) bond motifs is 2. The average Bonchev–Trinajstić information content (AvgIpc) is 2.93. The largest absolute Gasteiger partial charge is 0.490 e. The SMILES string of the molecule is N#Cc1ccc(-c2cc(Cl)cc(OC3C[C@H]4CC[C@@H](C3)N4)c2)cc1. The summed E-state index contributed by atoms with van der Waals surface area (Å²) in [6, 6.07) is 16.7. The number of rotatable bonds is 3. The van der Waals surface area contributed by atoms with Crippen molar-refractivity contribution in [3.05, 3.63) is 53.1 Å². The van der Waals surface area contributed by atoms with Crippen LogP contribution in [0.2, 0.25) is 5.02 Å². The molecule has 3 nitrogen and oxygen atoms in total. The number of ether oxygens (including phenoxy) is 1. The fourth-order valence-electron chi connectivity index (χ4n) is 3.83. The molecule has 0 spiro atoms. The van der Waals surface area contributed by atoms with Gasteiger partial charge in [-0.25, -0.2) is 0 Å². The number of nitrogens with zero attached hydrogens (tertiary/aromatic N) is 1. The van der Waals surface area contributed by atoms with Crippen LogP contribution in [0.25, 0.3) is 11.1 Å². The van der Waals surface area contributed by atoms with Crippen molar-refractivity contribution in [3.8, 4) is 22.9 Å². The standard InChI is InChI=1S/C20H19ClN2O/c21-16-7-15(14-3-1-13(12-22)2-4-14)8-19(9-16)24-20-10-17-5-6-18(11-20)23-17/h1-4,7-9,17-18,20,23H,5-6,10-11H2/t17-,18+,20?. The lowest BCUT2D eigenvalue weighted by atomic mass is 10.0. The van der Waals surface area contributed by atoms with E-state index in [0.717, 1.165) is 29.7 Å². The molecule has 2 aromatic carbocycles. The van der Waals surface area contributed by atoms with E-state index in [1.165, 1.54) is 12.8 Å². The molecule has 4 heteroatoms. The van der Waals surface area contributed by atoms with Gasteiger partial charge in [0, 0.05) is 17.1 Å². The van der Waals surface area contributed by atoms with Gasteiger partial charge >= 0.3 is 0 Å². The Hall–Kier alpha value is -2.02. The zero-order chi connectivity index (χ0) is 16.5. The molecule has 2 fully saturated rings. The second-order valence-electron chi connectivity index (χ2n) is 6.71. The summed E-state index contributed by atoms with van der Waals surface area (Å²) in [6.45, 7) is 0. The summed E-state index contributed by atoms with van der Waals surface area (Å²) in [6.07, 6.45) is 4.91. The molecule has 2 saturated heterocycles. The second-order valence-corrected chi connectivity index (χ2v) is 7.15. The van der Waals surface area contributed by atoms with Crippen molar-refractivity contribution < 1.29 is 4.74 Å². The van der Waals surface area contributed by atoms with Gasteiger partial charge < -0.3 is 10.1 Å². The molecule has 0 aliphatic carbocycles. The first kappa shape index (κ1) is 15.5. The number of halogens is 1. The highest BCUT2D eigenvalue weighted by Crippen LogP contribution is 2.33. The van der Waals surface area contributed by atoms with Gasteiger partial charge in [0.1, 0.15) is 11.9 Å². The molecule has 24 heavy (non-hydrogen) atoms. The van der Waals surface area contributed by atoms with Gasteiger partial charge in [-0.1, -0.05) is 23.7 Å². The summed E-state index contributed by atoms with van der Waals surface area (Å²) < 4.78 is 6.25. The Balaban J connectivity index is 1.55. The quantitative estimate of drug-likeness (QED) is 0.893. The highest BCUT2D eigenvalue weighted by atomic mass is 35.5. The van der Waals surface area contributed by atoms with Crippen LogP contribution >= 0.6 is 11.6 Å². The van der Waals surface area contributed by atoms with E-state index < -0.39 is 0 Å². The molecule has 1 unspecified atom stereocenters. The van der Waals surface area contributed by atoms with E-state index in [9.17, 15) is 0 Å². The Morgan fingerprint density at radius 2 is 1.71 bits per heavy atom. The molecule has 2 aliphatic rings. The number of hydrogen-bond donors (Lipinski definition) is 1. The first-order valence-corrected chi connectivity index (χ1v) is 8.81. The zero-order valence-electron chi connectivity index (χ0n) is 13.3. The average molecular weight is 339 g/mol. The molecular formula is C20H19ClN2O. The van der Waals surface area contributed by atoms with Crippen LogP contribution in [-0.2, 0) is 0 Å². The second kappa shape index (κ2) is 6.47. The van der Waals surface area contributed by atoms with Gasteiger partial charge in [-0.3, -0.25) is 0 Å².